The first-order valence-corrected chi connectivity index (χ1v) is 5.61. The lowest BCUT2D eigenvalue weighted by atomic mass is 10.4. The molecule has 0 radical (unpaired) electrons. The molecule has 2 heterocycles. The zero-order valence-electron chi connectivity index (χ0n) is 8.59. The Morgan fingerprint density at radius 2 is 2.35 bits per heavy atom. The minimum Gasteiger partial charge on any atom is -0.481 e. The van der Waals surface area contributed by atoms with E-state index < -0.39 is 5.97 Å². The molecule has 0 bridgehead atoms. The van der Waals surface area contributed by atoms with E-state index in [1.807, 2.05) is 0 Å². The summed E-state index contributed by atoms with van der Waals surface area (Å²) >= 11 is 1.06. The van der Waals surface area contributed by atoms with E-state index >= 15 is 0 Å². The number of aliphatic carboxylic acids is 1. The Bertz CT molecular complexity index is 502. The summed E-state index contributed by atoms with van der Waals surface area (Å²) in [6.45, 7) is 0.364. The van der Waals surface area contributed by atoms with Crippen LogP contribution in [0.1, 0.15) is 5.69 Å². The van der Waals surface area contributed by atoms with E-state index in [-0.39, 0.29) is 5.75 Å². The Hall–Kier alpha value is -2.03. The van der Waals surface area contributed by atoms with Crippen LogP contribution in [0.5, 0.6) is 0 Å². The predicted octanol–water partition coefficient (Wildman–Crippen LogP) is -0.312. The molecule has 88 valence electrons. The maximum absolute atomic E-state index is 10.4. The third-order valence-corrected chi connectivity index (χ3v) is 2.70. The molecule has 0 unspecified atom stereocenters. The minimum atomic E-state index is -0.913. The fraction of sp³-hybridized carbons (Fsp3) is 0.250. The summed E-state index contributed by atoms with van der Waals surface area (Å²) in [4.78, 5) is 10.4. The topological polar surface area (TPSA) is 107 Å². The summed E-state index contributed by atoms with van der Waals surface area (Å²) in [7, 11) is 0. The summed E-state index contributed by atoms with van der Waals surface area (Å²) in [6, 6.07) is 3.55. The van der Waals surface area contributed by atoms with Gasteiger partial charge in [-0.1, -0.05) is 11.8 Å². The number of carbonyl (C=O) groups is 1. The number of tetrazole rings is 1. The molecule has 0 aliphatic rings. The number of carboxylic acids is 1. The molecule has 0 spiro atoms. The fourth-order valence-electron chi connectivity index (χ4n) is 1.10. The Morgan fingerprint density at radius 3 is 3.06 bits per heavy atom. The summed E-state index contributed by atoms with van der Waals surface area (Å²) in [6.07, 6.45) is 1.57. The van der Waals surface area contributed by atoms with Crippen LogP contribution in [-0.4, -0.2) is 47.2 Å². The second-order valence-electron chi connectivity index (χ2n) is 3.02. The Balaban J connectivity index is 2.06. The minimum absolute atomic E-state index is 0.0825. The zero-order valence-corrected chi connectivity index (χ0v) is 9.41. The molecule has 2 aromatic rings. The molecule has 0 aliphatic heterocycles. The highest BCUT2D eigenvalue weighted by Crippen LogP contribution is 2.13. The van der Waals surface area contributed by atoms with Crippen LogP contribution in [0.25, 0.3) is 0 Å². The average molecular weight is 252 g/mol. The number of nitrogens with zero attached hydrogens (tertiary/aromatic N) is 6. The van der Waals surface area contributed by atoms with Crippen molar-refractivity contribution >= 4 is 17.7 Å². The third kappa shape index (κ3) is 3.21. The highest BCUT2D eigenvalue weighted by atomic mass is 32.2. The van der Waals surface area contributed by atoms with Crippen LogP contribution < -0.4 is 0 Å². The van der Waals surface area contributed by atoms with Crippen molar-refractivity contribution in [3.63, 3.8) is 0 Å². The summed E-state index contributed by atoms with van der Waals surface area (Å²) in [5.41, 5.74) is 0.706. The van der Waals surface area contributed by atoms with Crippen molar-refractivity contribution in [2.75, 3.05) is 5.75 Å². The monoisotopic (exact) mass is 252 g/mol. The molecule has 2 rings (SSSR count). The third-order valence-electron chi connectivity index (χ3n) is 1.76. The smallest absolute Gasteiger partial charge is 0.313 e. The van der Waals surface area contributed by atoms with Crippen molar-refractivity contribution in [2.24, 2.45) is 0 Å². The SMILES string of the molecule is O=C(O)CSc1nnnn1Cc1cccnn1. The van der Waals surface area contributed by atoms with E-state index in [2.05, 4.69) is 25.7 Å². The quantitative estimate of drug-likeness (QED) is 0.722. The van der Waals surface area contributed by atoms with Gasteiger partial charge in [0.15, 0.2) is 0 Å². The molecule has 2 aromatic heterocycles. The van der Waals surface area contributed by atoms with E-state index in [1.165, 1.54) is 4.68 Å². The Labute approximate surface area is 100 Å². The van der Waals surface area contributed by atoms with Crippen molar-refractivity contribution in [1.82, 2.24) is 30.4 Å². The van der Waals surface area contributed by atoms with Gasteiger partial charge in [0, 0.05) is 6.20 Å². The van der Waals surface area contributed by atoms with E-state index in [1.54, 1.807) is 18.3 Å². The highest BCUT2D eigenvalue weighted by Gasteiger charge is 2.09. The summed E-state index contributed by atoms with van der Waals surface area (Å²) < 4.78 is 1.48. The first kappa shape index (κ1) is 11.5. The van der Waals surface area contributed by atoms with Gasteiger partial charge in [0.25, 0.3) is 0 Å². The van der Waals surface area contributed by atoms with Crippen LogP contribution in [-0.2, 0) is 11.3 Å². The van der Waals surface area contributed by atoms with Crippen molar-refractivity contribution in [3.05, 3.63) is 24.0 Å². The normalized spacial score (nSPS) is 10.4. The van der Waals surface area contributed by atoms with E-state index in [9.17, 15) is 4.79 Å². The van der Waals surface area contributed by atoms with Crippen LogP contribution in [0, 0.1) is 0 Å². The van der Waals surface area contributed by atoms with Crippen molar-refractivity contribution < 1.29 is 9.90 Å². The second-order valence-corrected chi connectivity index (χ2v) is 3.96. The van der Waals surface area contributed by atoms with Crippen molar-refractivity contribution in [1.29, 1.82) is 0 Å². The molecule has 0 saturated carbocycles. The Kier molecular flexibility index (Phi) is 3.60. The number of hydrogen-bond acceptors (Lipinski definition) is 7. The average Bonchev–Trinajstić information content (AvgIpc) is 2.75. The van der Waals surface area contributed by atoms with Gasteiger partial charge in [0.05, 0.1) is 18.0 Å². The molecule has 0 saturated heterocycles. The van der Waals surface area contributed by atoms with Gasteiger partial charge in [-0.2, -0.15) is 10.2 Å². The first-order valence-electron chi connectivity index (χ1n) is 4.63. The van der Waals surface area contributed by atoms with Gasteiger partial charge < -0.3 is 5.11 Å². The molecule has 1 N–H and O–H groups in total. The van der Waals surface area contributed by atoms with Gasteiger partial charge in [-0.05, 0) is 22.6 Å². The molecular formula is C8H8N6O2S. The Morgan fingerprint density at radius 1 is 1.47 bits per heavy atom. The van der Waals surface area contributed by atoms with Gasteiger partial charge in [-0.3, -0.25) is 4.79 Å². The van der Waals surface area contributed by atoms with Crippen LogP contribution in [0.4, 0.5) is 0 Å². The lowest BCUT2D eigenvalue weighted by Crippen LogP contribution is -2.07. The molecule has 0 atom stereocenters. The summed E-state index contributed by atoms with van der Waals surface area (Å²) in [5.74, 6) is -0.995. The standard InChI is InChI=1S/C8H8N6O2S/c15-7(16)5-17-8-11-12-13-14(8)4-6-2-1-3-9-10-6/h1-3H,4-5H2,(H,15,16). The molecule has 8 nitrogen and oxygen atoms in total. The van der Waals surface area contributed by atoms with E-state index in [4.69, 9.17) is 5.11 Å². The number of hydrogen-bond donors (Lipinski definition) is 1. The van der Waals surface area contributed by atoms with E-state index in [0.29, 0.717) is 17.4 Å². The lowest BCUT2D eigenvalue weighted by molar-refractivity contribution is -0.133. The lowest BCUT2D eigenvalue weighted by Gasteiger charge is -2.01. The van der Waals surface area contributed by atoms with Crippen molar-refractivity contribution in [3.8, 4) is 0 Å². The number of thioether (sulfide) groups is 1. The maximum Gasteiger partial charge on any atom is 0.313 e. The van der Waals surface area contributed by atoms with Crippen LogP contribution >= 0.6 is 11.8 Å². The van der Waals surface area contributed by atoms with E-state index in [0.717, 1.165) is 11.8 Å². The molecule has 0 fully saturated rings. The van der Waals surface area contributed by atoms with Gasteiger partial charge in [-0.15, -0.1) is 5.10 Å². The van der Waals surface area contributed by atoms with Crippen LogP contribution in [0.3, 0.4) is 0 Å². The number of aromatic nitrogens is 6. The molecule has 17 heavy (non-hydrogen) atoms. The predicted molar refractivity (Wildman–Crippen MR) is 57.3 cm³/mol. The number of carboxylic acid groups (broad SMARTS) is 1. The molecule has 0 amide bonds. The van der Waals surface area contributed by atoms with Crippen molar-refractivity contribution in [2.45, 2.75) is 11.7 Å². The first-order chi connectivity index (χ1) is 8.25. The van der Waals surface area contributed by atoms with Crippen LogP contribution in [0.2, 0.25) is 0 Å². The molecule has 0 aromatic carbocycles. The van der Waals surface area contributed by atoms with Gasteiger partial charge in [0.2, 0.25) is 5.16 Å². The van der Waals surface area contributed by atoms with Gasteiger partial charge >= 0.3 is 5.97 Å². The highest BCUT2D eigenvalue weighted by molar-refractivity contribution is 7.99. The summed E-state index contributed by atoms with van der Waals surface area (Å²) in [5, 5.41) is 27.6. The molecular weight excluding hydrogens is 244 g/mol. The molecule has 0 aliphatic carbocycles. The van der Waals surface area contributed by atoms with Crippen LogP contribution in [0.15, 0.2) is 23.5 Å². The van der Waals surface area contributed by atoms with Gasteiger partial charge in [-0.25, -0.2) is 4.68 Å². The molecule has 9 heteroatoms. The fourth-order valence-corrected chi connectivity index (χ4v) is 1.69. The zero-order chi connectivity index (χ0) is 12.1. The largest absolute Gasteiger partial charge is 0.481 e. The van der Waals surface area contributed by atoms with Gasteiger partial charge in [0.1, 0.15) is 0 Å². The number of rotatable bonds is 5. The second kappa shape index (κ2) is 5.34. The maximum atomic E-state index is 10.4.